The van der Waals surface area contributed by atoms with Crippen LogP contribution >= 0.6 is 0 Å². The molecule has 0 aliphatic carbocycles. The summed E-state index contributed by atoms with van der Waals surface area (Å²) in [5, 5.41) is 2.58. The summed E-state index contributed by atoms with van der Waals surface area (Å²) in [7, 11) is 0. The molecule has 38 heavy (non-hydrogen) atoms. The number of rotatable bonds is 5. The average molecular weight is 523 g/mol. The molecule has 1 fully saturated rings. The van der Waals surface area contributed by atoms with Crippen molar-refractivity contribution in [3.8, 4) is 11.8 Å². The Labute approximate surface area is 219 Å². The molecule has 4 rings (SSSR count). The fraction of sp³-hybridized carbons (Fsp3) is 0.321. The molecule has 10 heteroatoms. The van der Waals surface area contributed by atoms with Gasteiger partial charge in [0.1, 0.15) is 11.6 Å². The van der Waals surface area contributed by atoms with E-state index in [1.165, 1.54) is 18.3 Å². The Bertz CT molecular complexity index is 1370. The van der Waals surface area contributed by atoms with Gasteiger partial charge in [-0.05, 0) is 54.9 Å². The van der Waals surface area contributed by atoms with Crippen LogP contribution in [0.15, 0.2) is 48.8 Å². The highest BCUT2D eigenvalue weighted by molar-refractivity contribution is 6.04. The first-order chi connectivity index (χ1) is 18.1. The number of nitrogen functional groups attached to an aromatic ring is 1. The third-order valence-corrected chi connectivity index (χ3v) is 6.46. The largest absolute Gasteiger partial charge is 0.416 e. The quantitative estimate of drug-likeness (QED) is 0.489. The lowest BCUT2D eigenvalue weighted by atomic mass is 10.0. The number of amides is 1. The number of nitrogens with one attached hydrogen (secondary N) is 1. The van der Waals surface area contributed by atoms with Gasteiger partial charge in [-0.15, -0.1) is 0 Å². The number of alkyl halides is 3. The first-order valence-corrected chi connectivity index (χ1v) is 12.3. The molecule has 3 heterocycles. The van der Waals surface area contributed by atoms with Gasteiger partial charge in [0.2, 0.25) is 0 Å². The summed E-state index contributed by atoms with van der Waals surface area (Å²) in [6.07, 6.45) is -1.54. The molecule has 1 saturated heterocycles. The van der Waals surface area contributed by atoms with Gasteiger partial charge in [0.05, 0.1) is 5.56 Å². The van der Waals surface area contributed by atoms with Crippen LogP contribution in [0.25, 0.3) is 0 Å². The van der Waals surface area contributed by atoms with Crippen molar-refractivity contribution in [2.45, 2.75) is 26.6 Å². The molecule has 0 radical (unpaired) electrons. The zero-order chi connectivity index (χ0) is 27.3. The fourth-order valence-corrected chi connectivity index (χ4v) is 4.24. The molecule has 1 amide bonds. The van der Waals surface area contributed by atoms with Gasteiger partial charge >= 0.3 is 6.18 Å². The molecule has 1 aromatic carbocycles. The van der Waals surface area contributed by atoms with E-state index in [1.54, 1.807) is 24.4 Å². The zero-order valence-electron chi connectivity index (χ0n) is 21.3. The molecular weight excluding hydrogens is 493 g/mol. The Morgan fingerprint density at radius 1 is 1.05 bits per heavy atom. The summed E-state index contributed by atoms with van der Waals surface area (Å²) in [5.74, 6) is 5.87. The minimum atomic E-state index is -4.58. The number of halogens is 3. The van der Waals surface area contributed by atoms with Crippen molar-refractivity contribution >= 4 is 17.5 Å². The van der Waals surface area contributed by atoms with Crippen LogP contribution in [0, 0.1) is 18.8 Å². The number of likely N-dealkylation sites (N-methyl/N-ethyl adjacent to an activating group) is 1. The molecule has 3 N–H and O–H groups in total. The summed E-state index contributed by atoms with van der Waals surface area (Å²) >= 11 is 0. The highest BCUT2D eigenvalue weighted by Gasteiger charge is 2.34. The molecule has 2 aromatic heterocycles. The summed E-state index contributed by atoms with van der Waals surface area (Å²) in [4.78, 5) is 25.3. The van der Waals surface area contributed by atoms with Crippen LogP contribution in [0.5, 0.6) is 0 Å². The van der Waals surface area contributed by atoms with E-state index < -0.39 is 17.6 Å². The Morgan fingerprint density at radius 3 is 2.47 bits per heavy atom. The van der Waals surface area contributed by atoms with Gasteiger partial charge in [-0.25, -0.2) is 9.97 Å². The number of carbonyl (C=O) groups is 1. The number of carbonyl (C=O) groups excluding carboxylic acids is 1. The van der Waals surface area contributed by atoms with Crippen LogP contribution in [0.4, 0.5) is 24.8 Å². The number of pyridine rings is 2. The van der Waals surface area contributed by atoms with E-state index in [4.69, 9.17) is 5.73 Å². The average Bonchev–Trinajstić information content (AvgIpc) is 2.88. The normalized spacial score (nSPS) is 14.6. The first kappa shape index (κ1) is 27.1. The maximum atomic E-state index is 13.9. The van der Waals surface area contributed by atoms with Crippen LogP contribution in [0.1, 0.15) is 45.1 Å². The molecule has 0 atom stereocenters. The van der Waals surface area contributed by atoms with Crippen molar-refractivity contribution in [1.82, 2.24) is 19.8 Å². The van der Waals surface area contributed by atoms with E-state index in [0.29, 0.717) is 30.0 Å². The number of nitrogens with two attached hydrogens (primary N) is 1. The van der Waals surface area contributed by atoms with Gasteiger partial charge in [-0.3, -0.25) is 9.69 Å². The number of aryl methyl sites for hydroxylation is 1. The number of benzene rings is 1. The second kappa shape index (κ2) is 11.6. The Morgan fingerprint density at radius 2 is 1.79 bits per heavy atom. The predicted molar refractivity (Wildman–Crippen MR) is 140 cm³/mol. The molecule has 1 aliphatic heterocycles. The van der Waals surface area contributed by atoms with Crippen molar-refractivity contribution in [3.63, 3.8) is 0 Å². The molecule has 3 aromatic rings. The van der Waals surface area contributed by atoms with Crippen molar-refractivity contribution in [1.29, 1.82) is 0 Å². The number of hydrogen-bond acceptors (Lipinski definition) is 6. The Balaban J connectivity index is 1.49. The maximum absolute atomic E-state index is 13.9. The molecular formula is C28H29F3N6O. The van der Waals surface area contributed by atoms with E-state index in [1.807, 2.05) is 11.8 Å². The van der Waals surface area contributed by atoms with Crippen molar-refractivity contribution in [2.75, 3.05) is 43.8 Å². The second-order valence-electron chi connectivity index (χ2n) is 9.14. The van der Waals surface area contributed by atoms with E-state index in [0.717, 1.165) is 31.3 Å². The summed E-state index contributed by atoms with van der Waals surface area (Å²) in [6, 6.07) is 8.66. The Hall–Kier alpha value is -3.94. The zero-order valence-corrected chi connectivity index (χ0v) is 21.3. The molecule has 198 valence electrons. The summed E-state index contributed by atoms with van der Waals surface area (Å²) < 4.78 is 41.8. The first-order valence-electron chi connectivity index (χ1n) is 12.3. The van der Waals surface area contributed by atoms with Gasteiger partial charge in [-0.2, -0.15) is 13.2 Å². The molecule has 0 saturated carbocycles. The smallest absolute Gasteiger partial charge is 0.384 e. The topological polar surface area (TPSA) is 87.4 Å². The highest BCUT2D eigenvalue weighted by Crippen LogP contribution is 2.33. The van der Waals surface area contributed by atoms with Gasteiger partial charge in [0.15, 0.2) is 0 Å². The summed E-state index contributed by atoms with van der Waals surface area (Å²) in [5.41, 5.74) is 7.07. The molecule has 1 aliphatic rings. The van der Waals surface area contributed by atoms with Gasteiger partial charge in [0, 0.05) is 61.8 Å². The van der Waals surface area contributed by atoms with Crippen molar-refractivity contribution in [3.05, 3.63) is 82.2 Å². The minimum Gasteiger partial charge on any atom is -0.384 e. The van der Waals surface area contributed by atoms with E-state index in [9.17, 15) is 18.0 Å². The lowest BCUT2D eigenvalue weighted by molar-refractivity contribution is -0.138. The van der Waals surface area contributed by atoms with E-state index in [-0.39, 0.29) is 23.5 Å². The molecule has 7 nitrogen and oxygen atoms in total. The van der Waals surface area contributed by atoms with Gasteiger partial charge in [-0.1, -0.05) is 24.8 Å². The van der Waals surface area contributed by atoms with E-state index >= 15 is 0 Å². The second-order valence-corrected chi connectivity index (χ2v) is 9.14. The van der Waals surface area contributed by atoms with Gasteiger partial charge < -0.3 is 16.0 Å². The molecule has 0 bridgehead atoms. The Kier molecular flexibility index (Phi) is 8.29. The SMILES string of the molecule is CCN1CCN(Cc2ccc(C(=O)Nc3cc(C#Cc4cnc(N)cc4C)ccn3)cc2C(F)(F)F)CC1. The molecule has 0 spiro atoms. The van der Waals surface area contributed by atoms with Crippen LogP contribution < -0.4 is 11.1 Å². The van der Waals surface area contributed by atoms with Crippen LogP contribution in [0.2, 0.25) is 0 Å². The van der Waals surface area contributed by atoms with E-state index in [2.05, 4.69) is 38.9 Å². The van der Waals surface area contributed by atoms with Crippen LogP contribution in [-0.4, -0.2) is 58.4 Å². The molecule has 0 unspecified atom stereocenters. The lowest BCUT2D eigenvalue weighted by Crippen LogP contribution is -2.45. The third-order valence-electron chi connectivity index (χ3n) is 6.46. The highest BCUT2D eigenvalue weighted by atomic mass is 19.4. The maximum Gasteiger partial charge on any atom is 0.416 e. The number of aromatic nitrogens is 2. The number of hydrogen-bond donors (Lipinski definition) is 2. The number of nitrogens with zero attached hydrogens (tertiary/aromatic N) is 4. The summed E-state index contributed by atoms with van der Waals surface area (Å²) in [6.45, 7) is 8.10. The standard InChI is InChI=1S/C28H29F3N6O/c1-3-36-10-12-37(13-11-36)18-23-7-6-21(16-24(23)28(29,30)31)27(38)35-26-15-20(8-9-33-26)4-5-22-17-34-25(32)14-19(22)2/h6-9,14-17H,3,10-13,18H2,1-2H3,(H2,32,34)(H,33,35,38). The monoisotopic (exact) mass is 522 g/mol. The number of anilines is 2. The predicted octanol–water partition coefficient (Wildman–Crippen LogP) is 4.18. The van der Waals surface area contributed by atoms with Crippen LogP contribution in [-0.2, 0) is 12.7 Å². The minimum absolute atomic E-state index is 0.0984. The van der Waals surface area contributed by atoms with Gasteiger partial charge in [0.25, 0.3) is 5.91 Å². The van der Waals surface area contributed by atoms with Crippen LogP contribution in [0.3, 0.4) is 0 Å². The number of piperazine rings is 1. The third kappa shape index (κ3) is 6.88. The van der Waals surface area contributed by atoms with Crippen molar-refractivity contribution in [2.24, 2.45) is 0 Å². The van der Waals surface area contributed by atoms with Crippen molar-refractivity contribution < 1.29 is 18.0 Å². The lowest BCUT2D eigenvalue weighted by Gasteiger charge is -2.34. The fourth-order valence-electron chi connectivity index (χ4n) is 4.24.